The molecule has 0 atom stereocenters. The highest BCUT2D eigenvalue weighted by molar-refractivity contribution is 9.10. The number of rotatable bonds is 3. The van der Waals surface area contributed by atoms with Crippen molar-refractivity contribution in [3.8, 4) is 11.3 Å². The molecular formula is C14H13BrN2O2. The summed E-state index contributed by atoms with van der Waals surface area (Å²) in [5, 5.41) is 9.52. The van der Waals surface area contributed by atoms with Crippen LogP contribution >= 0.6 is 15.9 Å². The quantitative estimate of drug-likeness (QED) is 0.941. The molecule has 1 aromatic carbocycles. The lowest BCUT2D eigenvalue weighted by Crippen LogP contribution is -2.50. The number of aromatic nitrogens is 2. The van der Waals surface area contributed by atoms with Gasteiger partial charge in [-0.05, 0) is 18.2 Å². The minimum atomic E-state index is -0.425. The number of hydrogen-bond donors (Lipinski definition) is 1. The number of ether oxygens (including phenoxy) is 1. The van der Waals surface area contributed by atoms with Gasteiger partial charge in [-0.3, -0.25) is 0 Å². The number of benzene rings is 1. The zero-order valence-corrected chi connectivity index (χ0v) is 11.8. The second-order valence-electron chi connectivity index (χ2n) is 4.70. The summed E-state index contributed by atoms with van der Waals surface area (Å²) in [4.78, 5) is 8.86. The van der Waals surface area contributed by atoms with Crippen LogP contribution in [-0.2, 0) is 10.2 Å². The first-order valence-electron chi connectivity index (χ1n) is 6.02. The fraction of sp³-hybridized carbons (Fsp3) is 0.286. The van der Waals surface area contributed by atoms with Crippen molar-refractivity contribution in [1.82, 2.24) is 9.97 Å². The molecule has 1 aliphatic rings. The average molecular weight is 321 g/mol. The summed E-state index contributed by atoms with van der Waals surface area (Å²) in [6.07, 6.45) is 1.73. The molecule has 0 amide bonds. The Labute approximate surface area is 119 Å². The van der Waals surface area contributed by atoms with Crippen molar-refractivity contribution in [2.45, 2.75) is 5.41 Å². The lowest BCUT2D eigenvalue weighted by Gasteiger charge is -2.38. The predicted octanol–water partition coefficient (Wildman–Crippen LogP) is 2.17. The van der Waals surface area contributed by atoms with Gasteiger partial charge in [-0.1, -0.05) is 28.1 Å². The van der Waals surface area contributed by atoms with E-state index in [1.54, 1.807) is 6.20 Å². The Balaban J connectivity index is 1.98. The highest BCUT2D eigenvalue weighted by atomic mass is 79.9. The molecule has 0 saturated carbocycles. The number of aliphatic hydroxyl groups excluding tert-OH is 1. The standard InChI is InChI=1S/C14H13BrN2O2/c15-11-3-1-10(2-4-11)12-5-6-16-13(17-12)14(7-18)8-19-9-14/h1-6,18H,7-9H2. The van der Waals surface area contributed by atoms with Crippen molar-refractivity contribution in [2.24, 2.45) is 0 Å². The highest BCUT2D eigenvalue weighted by Gasteiger charge is 2.42. The second kappa shape index (κ2) is 5.00. The van der Waals surface area contributed by atoms with Crippen LogP contribution in [0.5, 0.6) is 0 Å². The van der Waals surface area contributed by atoms with Crippen LogP contribution in [0, 0.1) is 0 Å². The Bertz CT molecular complexity index is 577. The molecule has 5 heteroatoms. The summed E-state index contributed by atoms with van der Waals surface area (Å²) in [6.45, 7) is 0.970. The van der Waals surface area contributed by atoms with E-state index in [1.165, 1.54) is 0 Å². The Morgan fingerprint density at radius 3 is 2.53 bits per heavy atom. The fourth-order valence-corrected chi connectivity index (χ4v) is 2.30. The first kappa shape index (κ1) is 12.7. The van der Waals surface area contributed by atoms with E-state index in [1.807, 2.05) is 30.3 Å². The van der Waals surface area contributed by atoms with E-state index in [0.717, 1.165) is 15.7 Å². The van der Waals surface area contributed by atoms with E-state index in [4.69, 9.17) is 4.74 Å². The average Bonchev–Trinajstić information content (AvgIpc) is 2.39. The third-order valence-corrected chi connectivity index (χ3v) is 3.86. The fourth-order valence-electron chi connectivity index (χ4n) is 2.04. The third-order valence-electron chi connectivity index (χ3n) is 3.33. The molecule has 4 nitrogen and oxygen atoms in total. The Morgan fingerprint density at radius 1 is 1.21 bits per heavy atom. The van der Waals surface area contributed by atoms with Gasteiger partial charge in [0.1, 0.15) is 5.82 Å². The van der Waals surface area contributed by atoms with Gasteiger partial charge in [-0.15, -0.1) is 0 Å². The monoisotopic (exact) mass is 320 g/mol. The van der Waals surface area contributed by atoms with E-state index in [9.17, 15) is 5.11 Å². The van der Waals surface area contributed by atoms with Gasteiger partial charge >= 0.3 is 0 Å². The van der Waals surface area contributed by atoms with E-state index in [-0.39, 0.29) is 6.61 Å². The molecule has 2 heterocycles. The molecule has 1 saturated heterocycles. The van der Waals surface area contributed by atoms with Crippen LogP contribution in [0.15, 0.2) is 41.0 Å². The number of hydrogen-bond acceptors (Lipinski definition) is 4. The molecule has 0 radical (unpaired) electrons. The zero-order chi connectivity index (χ0) is 13.3. The van der Waals surface area contributed by atoms with Crippen molar-refractivity contribution in [3.63, 3.8) is 0 Å². The third kappa shape index (κ3) is 2.29. The van der Waals surface area contributed by atoms with Gasteiger partial charge in [-0.25, -0.2) is 9.97 Å². The second-order valence-corrected chi connectivity index (χ2v) is 5.62. The molecule has 2 aromatic rings. The Morgan fingerprint density at radius 2 is 1.95 bits per heavy atom. The van der Waals surface area contributed by atoms with Gasteiger partial charge in [0.25, 0.3) is 0 Å². The van der Waals surface area contributed by atoms with Gasteiger partial charge < -0.3 is 9.84 Å². The summed E-state index contributed by atoms with van der Waals surface area (Å²) in [7, 11) is 0. The zero-order valence-electron chi connectivity index (χ0n) is 10.2. The lowest BCUT2D eigenvalue weighted by molar-refractivity contribution is -0.0883. The molecule has 98 valence electrons. The summed E-state index contributed by atoms with van der Waals surface area (Å²) in [5.41, 5.74) is 1.46. The molecule has 1 fully saturated rings. The first-order chi connectivity index (χ1) is 9.23. The minimum Gasteiger partial charge on any atom is -0.395 e. The lowest BCUT2D eigenvalue weighted by atomic mass is 9.86. The number of halogens is 1. The van der Waals surface area contributed by atoms with Crippen LogP contribution in [0.1, 0.15) is 5.82 Å². The molecule has 1 aliphatic heterocycles. The molecule has 3 rings (SSSR count). The van der Waals surface area contributed by atoms with E-state index < -0.39 is 5.41 Å². The van der Waals surface area contributed by atoms with Crippen LogP contribution in [0.2, 0.25) is 0 Å². The topological polar surface area (TPSA) is 55.2 Å². The molecule has 19 heavy (non-hydrogen) atoms. The smallest absolute Gasteiger partial charge is 0.142 e. The summed E-state index contributed by atoms with van der Waals surface area (Å²) >= 11 is 3.41. The van der Waals surface area contributed by atoms with Crippen molar-refractivity contribution in [1.29, 1.82) is 0 Å². The number of aliphatic hydroxyl groups is 1. The van der Waals surface area contributed by atoms with E-state index in [2.05, 4.69) is 25.9 Å². The predicted molar refractivity (Wildman–Crippen MR) is 74.8 cm³/mol. The number of nitrogens with zero attached hydrogens (tertiary/aromatic N) is 2. The van der Waals surface area contributed by atoms with Crippen LogP contribution in [0.3, 0.4) is 0 Å². The van der Waals surface area contributed by atoms with Crippen LogP contribution < -0.4 is 0 Å². The Kier molecular flexibility index (Phi) is 3.35. The molecular weight excluding hydrogens is 308 g/mol. The van der Waals surface area contributed by atoms with E-state index >= 15 is 0 Å². The van der Waals surface area contributed by atoms with E-state index in [0.29, 0.717) is 19.0 Å². The van der Waals surface area contributed by atoms with Crippen LogP contribution in [0.25, 0.3) is 11.3 Å². The van der Waals surface area contributed by atoms with Crippen molar-refractivity contribution in [2.75, 3.05) is 19.8 Å². The molecule has 1 aromatic heterocycles. The van der Waals surface area contributed by atoms with Crippen molar-refractivity contribution in [3.05, 3.63) is 46.8 Å². The first-order valence-corrected chi connectivity index (χ1v) is 6.81. The molecule has 0 spiro atoms. The summed E-state index contributed by atoms with van der Waals surface area (Å²) in [6, 6.07) is 9.83. The van der Waals surface area contributed by atoms with Gasteiger partial charge in [0, 0.05) is 16.2 Å². The van der Waals surface area contributed by atoms with Crippen molar-refractivity contribution < 1.29 is 9.84 Å². The Hall–Kier alpha value is -1.30. The molecule has 0 aliphatic carbocycles. The maximum Gasteiger partial charge on any atom is 0.142 e. The highest BCUT2D eigenvalue weighted by Crippen LogP contribution is 2.30. The molecule has 0 unspecified atom stereocenters. The molecule has 1 N–H and O–H groups in total. The van der Waals surface area contributed by atoms with Gasteiger partial charge in [0.15, 0.2) is 0 Å². The van der Waals surface area contributed by atoms with Crippen LogP contribution in [0.4, 0.5) is 0 Å². The van der Waals surface area contributed by atoms with Gasteiger partial charge in [0.05, 0.1) is 30.9 Å². The van der Waals surface area contributed by atoms with Crippen LogP contribution in [-0.4, -0.2) is 34.9 Å². The summed E-state index contributed by atoms with van der Waals surface area (Å²) in [5.74, 6) is 0.654. The maximum absolute atomic E-state index is 9.52. The normalized spacial score (nSPS) is 16.9. The van der Waals surface area contributed by atoms with Crippen molar-refractivity contribution >= 4 is 15.9 Å². The maximum atomic E-state index is 9.52. The SMILES string of the molecule is OCC1(c2nccc(-c3ccc(Br)cc3)n2)COC1. The molecule has 0 bridgehead atoms. The van der Waals surface area contributed by atoms with Gasteiger partial charge in [0.2, 0.25) is 0 Å². The van der Waals surface area contributed by atoms with Gasteiger partial charge in [-0.2, -0.15) is 0 Å². The minimum absolute atomic E-state index is 0.0107. The largest absolute Gasteiger partial charge is 0.395 e. The summed E-state index contributed by atoms with van der Waals surface area (Å²) < 4.78 is 6.23.